The van der Waals surface area contributed by atoms with Crippen LogP contribution < -0.4 is 4.90 Å². The average molecular weight is 505 g/mol. The van der Waals surface area contributed by atoms with Gasteiger partial charge in [0.05, 0.1) is 10.4 Å². The zero-order valence-corrected chi connectivity index (χ0v) is 21.7. The van der Waals surface area contributed by atoms with Gasteiger partial charge in [-0.2, -0.15) is 4.52 Å². The zero-order valence-electron chi connectivity index (χ0n) is 20.9. The summed E-state index contributed by atoms with van der Waals surface area (Å²) >= 11 is 0. The number of benzene rings is 2. The Labute approximate surface area is 211 Å². The second-order valence-electron chi connectivity index (χ2n) is 10.1. The normalized spacial score (nSPS) is 18.3. The molecule has 0 amide bonds. The fourth-order valence-electron chi connectivity index (χ4n) is 5.66. The van der Waals surface area contributed by atoms with Gasteiger partial charge in [0.25, 0.3) is 0 Å². The molecule has 0 radical (unpaired) electrons. The lowest BCUT2D eigenvalue weighted by atomic mass is 9.99. The van der Waals surface area contributed by atoms with Crippen molar-refractivity contribution in [3.63, 3.8) is 0 Å². The first kappa shape index (κ1) is 23.4. The third-order valence-electron chi connectivity index (χ3n) is 7.92. The maximum Gasteiger partial charge on any atom is 0.229 e. The van der Waals surface area contributed by atoms with Crippen LogP contribution in [-0.4, -0.2) is 65.4 Å². The van der Waals surface area contributed by atoms with Crippen molar-refractivity contribution in [1.82, 2.24) is 24.7 Å². The van der Waals surface area contributed by atoms with E-state index in [9.17, 15) is 8.42 Å². The minimum Gasteiger partial charge on any atom is -0.356 e. The van der Waals surface area contributed by atoms with Gasteiger partial charge in [-0.05, 0) is 88.0 Å². The molecule has 188 valence electrons. The zero-order chi connectivity index (χ0) is 24.9. The standard InChI is InChI=1S/C27H32N6O2S/c1-19-10-11-22(18-20(19)2)36(34,35)27-26-28-25(23-8-4-5-9-24(23)33(26)30-29-27)32-16-12-21(13-17-32)31-14-6-3-7-15-31/h4-5,8-11,18,21H,3,6-7,12-17H2,1-2H3. The van der Waals surface area contributed by atoms with Crippen LogP contribution in [0.25, 0.3) is 16.6 Å². The van der Waals surface area contributed by atoms with Crippen LogP contribution in [0.4, 0.5) is 5.82 Å². The molecule has 4 heterocycles. The highest BCUT2D eigenvalue weighted by atomic mass is 32.2. The molecule has 36 heavy (non-hydrogen) atoms. The number of hydrogen-bond acceptors (Lipinski definition) is 7. The Balaban J connectivity index is 1.41. The number of para-hydroxylation sites is 1. The Hall–Kier alpha value is -3.04. The molecule has 9 heteroatoms. The van der Waals surface area contributed by atoms with Crippen LogP contribution in [0.2, 0.25) is 0 Å². The van der Waals surface area contributed by atoms with Crippen molar-refractivity contribution in [2.45, 2.75) is 61.9 Å². The summed E-state index contributed by atoms with van der Waals surface area (Å²) < 4.78 is 28.8. The van der Waals surface area contributed by atoms with Crippen LogP contribution in [0.15, 0.2) is 52.4 Å². The predicted octanol–water partition coefficient (Wildman–Crippen LogP) is 4.18. The lowest BCUT2D eigenvalue weighted by Gasteiger charge is -2.40. The van der Waals surface area contributed by atoms with E-state index >= 15 is 0 Å². The first-order valence-electron chi connectivity index (χ1n) is 12.9. The fourth-order valence-corrected chi connectivity index (χ4v) is 6.98. The van der Waals surface area contributed by atoms with Gasteiger partial charge in [0, 0.05) is 24.5 Å². The quantitative estimate of drug-likeness (QED) is 0.412. The van der Waals surface area contributed by atoms with Crippen molar-refractivity contribution in [1.29, 1.82) is 0 Å². The highest BCUT2D eigenvalue weighted by molar-refractivity contribution is 7.91. The Morgan fingerprint density at radius 2 is 1.64 bits per heavy atom. The molecule has 0 bridgehead atoms. The molecule has 0 unspecified atom stereocenters. The van der Waals surface area contributed by atoms with Crippen molar-refractivity contribution in [3.8, 4) is 0 Å². The van der Waals surface area contributed by atoms with Gasteiger partial charge in [-0.25, -0.2) is 13.4 Å². The number of hydrogen-bond donors (Lipinski definition) is 0. The van der Waals surface area contributed by atoms with Crippen molar-refractivity contribution in [2.24, 2.45) is 0 Å². The molecular formula is C27H32N6O2S. The average Bonchev–Trinajstić information content (AvgIpc) is 3.36. The van der Waals surface area contributed by atoms with Crippen LogP contribution in [0.5, 0.6) is 0 Å². The molecule has 8 nitrogen and oxygen atoms in total. The van der Waals surface area contributed by atoms with Crippen molar-refractivity contribution in [3.05, 3.63) is 53.6 Å². The van der Waals surface area contributed by atoms with E-state index in [-0.39, 0.29) is 15.6 Å². The molecule has 2 fully saturated rings. The van der Waals surface area contributed by atoms with Gasteiger partial charge in [-0.3, -0.25) is 0 Å². The minimum atomic E-state index is -3.88. The van der Waals surface area contributed by atoms with Crippen LogP contribution in [0, 0.1) is 13.8 Å². The van der Waals surface area contributed by atoms with Gasteiger partial charge in [0.2, 0.25) is 14.9 Å². The summed E-state index contributed by atoms with van der Waals surface area (Å²) in [6.45, 7) is 8.09. The van der Waals surface area contributed by atoms with E-state index in [2.05, 4.69) is 20.1 Å². The second-order valence-corrected chi connectivity index (χ2v) is 12.0. The van der Waals surface area contributed by atoms with Crippen LogP contribution >= 0.6 is 0 Å². The molecule has 0 atom stereocenters. The number of rotatable bonds is 4. The molecule has 2 aromatic heterocycles. The van der Waals surface area contributed by atoms with E-state index in [4.69, 9.17) is 4.98 Å². The van der Waals surface area contributed by atoms with E-state index in [1.54, 1.807) is 16.6 Å². The number of aromatic nitrogens is 4. The summed E-state index contributed by atoms with van der Waals surface area (Å²) in [6, 6.07) is 13.7. The van der Waals surface area contributed by atoms with Crippen LogP contribution in [-0.2, 0) is 9.84 Å². The van der Waals surface area contributed by atoms with Gasteiger partial charge in [-0.1, -0.05) is 29.8 Å². The topological polar surface area (TPSA) is 83.7 Å². The monoisotopic (exact) mass is 504 g/mol. The second kappa shape index (κ2) is 9.12. The Kier molecular flexibility index (Phi) is 5.92. The van der Waals surface area contributed by atoms with E-state index in [1.165, 1.54) is 32.4 Å². The Bertz CT molecular complexity index is 1530. The van der Waals surface area contributed by atoms with Crippen molar-refractivity contribution < 1.29 is 8.42 Å². The van der Waals surface area contributed by atoms with Crippen molar-refractivity contribution in [2.75, 3.05) is 31.1 Å². The Morgan fingerprint density at radius 3 is 2.39 bits per heavy atom. The largest absolute Gasteiger partial charge is 0.356 e. The number of anilines is 1. The maximum atomic E-state index is 13.6. The highest BCUT2D eigenvalue weighted by Gasteiger charge is 2.30. The predicted molar refractivity (Wildman–Crippen MR) is 140 cm³/mol. The third kappa shape index (κ3) is 3.94. The summed E-state index contributed by atoms with van der Waals surface area (Å²) in [4.78, 5) is 10.1. The summed E-state index contributed by atoms with van der Waals surface area (Å²) in [5.41, 5.74) is 3.05. The lowest BCUT2D eigenvalue weighted by molar-refractivity contribution is 0.141. The molecule has 2 aromatic carbocycles. The molecule has 2 saturated heterocycles. The molecule has 0 saturated carbocycles. The van der Waals surface area contributed by atoms with Gasteiger partial charge in [0.1, 0.15) is 5.82 Å². The molecule has 0 N–H and O–H groups in total. The Morgan fingerprint density at radius 1 is 0.889 bits per heavy atom. The maximum absolute atomic E-state index is 13.6. The summed E-state index contributed by atoms with van der Waals surface area (Å²) in [7, 11) is -3.88. The molecule has 2 aliphatic rings. The minimum absolute atomic E-state index is 0.0963. The van der Waals surface area contributed by atoms with Crippen LogP contribution in [0.1, 0.15) is 43.2 Å². The smallest absolute Gasteiger partial charge is 0.229 e. The number of nitrogens with zero attached hydrogens (tertiary/aromatic N) is 6. The molecule has 0 spiro atoms. The molecule has 2 aliphatic heterocycles. The number of fused-ring (bicyclic) bond motifs is 3. The number of sulfone groups is 1. The highest BCUT2D eigenvalue weighted by Crippen LogP contribution is 2.32. The SMILES string of the molecule is Cc1ccc(S(=O)(=O)c2nnn3c2nc(N2CCC(N4CCCCC4)CC2)c2ccccc23)cc1C. The summed E-state index contributed by atoms with van der Waals surface area (Å²) in [6.07, 6.45) is 6.13. The lowest BCUT2D eigenvalue weighted by Crippen LogP contribution is -2.47. The molecular weight excluding hydrogens is 472 g/mol. The third-order valence-corrected chi connectivity index (χ3v) is 9.56. The van der Waals surface area contributed by atoms with E-state index in [1.807, 2.05) is 44.2 Å². The first-order valence-corrected chi connectivity index (χ1v) is 14.4. The first-order chi connectivity index (χ1) is 17.4. The van der Waals surface area contributed by atoms with E-state index < -0.39 is 9.84 Å². The van der Waals surface area contributed by atoms with Crippen LogP contribution in [0.3, 0.4) is 0 Å². The summed E-state index contributed by atoms with van der Waals surface area (Å²) in [5.74, 6) is 0.814. The van der Waals surface area contributed by atoms with Gasteiger partial charge >= 0.3 is 0 Å². The van der Waals surface area contributed by atoms with Gasteiger partial charge < -0.3 is 9.80 Å². The van der Waals surface area contributed by atoms with Gasteiger partial charge in [0.15, 0.2) is 5.65 Å². The number of piperidine rings is 2. The molecule has 0 aliphatic carbocycles. The van der Waals surface area contributed by atoms with E-state index in [0.717, 1.165) is 53.8 Å². The van der Waals surface area contributed by atoms with Crippen molar-refractivity contribution >= 4 is 32.2 Å². The molecule has 4 aromatic rings. The fraction of sp³-hybridized carbons (Fsp3) is 0.444. The van der Waals surface area contributed by atoms with Gasteiger partial charge in [-0.15, -0.1) is 5.10 Å². The number of likely N-dealkylation sites (tertiary alicyclic amines) is 1. The number of aryl methyl sites for hydroxylation is 2. The molecule has 6 rings (SSSR count). The van der Waals surface area contributed by atoms with E-state index in [0.29, 0.717) is 6.04 Å². The summed E-state index contributed by atoms with van der Waals surface area (Å²) in [5, 5.41) is 9.24.